The van der Waals surface area contributed by atoms with Crippen molar-refractivity contribution >= 4 is 11.6 Å². The molecule has 0 aromatic carbocycles. The van der Waals surface area contributed by atoms with Crippen LogP contribution in [0.3, 0.4) is 0 Å². The van der Waals surface area contributed by atoms with Gasteiger partial charge in [0.25, 0.3) is 0 Å². The second-order valence-electron chi connectivity index (χ2n) is 6.99. The van der Waals surface area contributed by atoms with Crippen molar-refractivity contribution in [2.75, 3.05) is 17.2 Å². The van der Waals surface area contributed by atoms with E-state index in [4.69, 9.17) is 0 Å². The third kappa shape index (κ3) is 2.11. The van der Waals surface area contributed by atoms with E-state index in [1.165, 1.54) is 24.8 Å². The number of anilines is 2. The average molecular weight is 286 g/mol. The van der Waals surface area contributed by atoms with E-state index in [0.29, 0.717) is 6.04 Å². The van der Waals surface area contributed by atoms with Crippen LogP contribution in [0.15, 0.2) is 6.33 Å². The molecule has 4 atom stereocenters. The van der Waals surface area contributed by atoms with Gasteiger partial charge in [-0.2, -0.15) is 0 Å². The van der Waals surface area contributed by atoms with Gasteiger partial charge in [-0.25, -0.2) is 9.97 Å². The Morgan fingerprint density at radius 1 is 1.10 bits per heavy atom. The smallest absolute Gasteiger partial charge is 0.134 e. The standard InChI is InChI=1S/C17H26N4/c1-3-7-18-16-12(4-2)17(20-9-19-16)21-15-13-10-5-6-11(8-10)14(13)15/h9-11,13-15H,3-8H2,1-2H3,(H2,18,19,20,21). The number of rotatable bonds is 6. The van der Waals surface area contributed by atoms with Crippen molar-refractivity contribution in [2.24, 2.45) is 23.7 Å². The Kier molecular flexibility index (Phi) is 3.27. The first-order valence-corrected chi connectivity index (χ1v) is 8.67. The fourth-order valence-corrected chi connectivity index (χ4v) is 4.94. The topological polar surface area (TPSA) is 49.8 Å². The predicted molar refractivity (Wildman–Crippen MR) is 85.4 cm³/mol. The first-order valence-electron chi connectivity index (χ1n) is 8.67. The lowest BCUT2D eigenvalue weighted by Gasteiger charge is -2.16. The third-order valence-electron chi connectivity index (χ3n) is 5.88. The summed E-state index contributed by atoms with van der Waals surface area (Å²) in [6, 6.07) is 0.690. The first kappa shape index (κ1) is 13.4. The Labute approximate surface area is 127 Å². The van der Waals surface area contributed by atoms with Gasteiger partial charge in [0.05, 0.1) is 0 Å². The van der Waals surface area contributed by atoms with Crippen molar-refractivity contribution in [3.05, 3.63) is 11.9 Å². The zero-order valence-electron chi connectivity index (χ0n) is 13.1. The molecule has 1 aromatic rings. The van der Waals surface area contributed by atoms with Crippen LogP contribution in [0.2, 0.25) is 0 Å². The van der Waals surface area contributed by atoms with Crippen LogP contribution in [0, 0.1) is 23.7 Å². The Morgan fingerprint density at radius 3 is 2.48 bits per heavy atom. The summed E-state index contributed by atoms with van der Waals surface area (Å²) in [5.74, 6) is 5.98. The third-order valence-corrected chi connectivity index (χ3v) is 5.88. The van der Waals surface area contributed by atoms with Crippen LogP contribution >= 0.6 is 0 Å². The van der Waals surface area contributed by atoms with Crippen LogP contribution in [0.25, 0.3) is 0 Å². The highest BCUT2D eigenvalue weighted by atomic mass is 15.1. The van der Waals surface area contributed by atoms with Gasteiger partial charge in [0.2, 0.25) is 0 Å². The maximum Gasteiger partial charge on any atom is 0.134 e. The Hall–Kier alpha value is -1.32. The quantitative estimate of drug-likeness (QED) is 0.842. The van der Waals surface area contributed by atoms with Gasteiger partial charge < -0.3 is 10.6 Å². The van der Waals surface area contributed by atoms with Gasteiger partial charge in [-0.05, 0) is 55.8 Å². The molecule has 3 fully saturated rings. The minimum absolute atomic E-state index is 0.690. The van der Waals surface area contributed by atoms with E-state index in [9.17, 15) is 0 Å². The van der Waals surface area contributed by atoms with Crippen LogP contribution in [0.5, 0.6) is 0 Å². The highest BCUT2D eigenvalue weighted by Crippen LogP contribution is 2.66. The van der Waals surface area contributed by atoms with Crippen molar-refractivity contribution in [1.29, 1.82) is 0 Å². The second kappa shape index (κ2) is 5.15. The van der Waals surface area contributed by atoms with Crippen LogP contribution in [-0.2, 0) is 6.42 Å². The van der Waals surface area contributed by atoms with Crippen LogP contribution < -0.4 is 10.6 Å². The molecule has 21 heavy (non-hydrogen) atoms. The highest BCUT2D eigenvalue weighted by molar-refractivity contribution is 5.58. The molecule has 2 N–H and O–H groups in total. The van der Waals surface area contributed by atoms with E-state index in [0.717, 1.165) is 54.7 Å². The lowest BCUT2D eigenvalue weighted by atomic mass is 10.0. The van der Waals surface area contributed by atoms with Gasteiger partial charge in [-0.15, -0.1) is 0 Å². The fraction of sp³-hybridized carbons (Fsp3) is 0.765. The monoisotopic (exact) mass is 286 g/mol. The summed E-state index contributed by atoms with van der Waals surface area (Å²) in [6.45, 7) is 5.35. The van der Waals surface area contributed by atoms with E-state index >= 15 is 0 Å². The van der Waals surface area contributed by atoms with Crippen molar-refractivity contribution in [3.63, 3.8) is 0 Å². The van der Waals surface area contributed by atoms with E-state index in [2.05, 4.69) is 34.4 Å². The molecule has 3 aliphatic rings. The number of aromatic nitrogens is 2. The normalized spacial score (nSPS) is 35.6. The number of nitrogens with one attached hydrogen (secondary N) is 2. The Morgan fingerprint density at radius 2 is 1.81 bits per heavy atom. The van der Waals surface area contributed by atoms with Crippen LogP contribution in [-0.4, -0.2) is 22.6 Å². The molecular formula is C17H26N4. The maximum absolute atomic E-state index is 4.53. The molecule has 0 aliphatic heterocycles. The fourth-order valence-electron chi connectivity index (χ4n) is 4.94. The molecule has 1 aromatic heterocycles. The molecular weight excluding hydrogens is 260 g/mol. The van der Waals surface area contributed by atoms with E-state index in [1.807, 2.05) is 0 Å². The van der Waals surface area contributed by atoms with Crippen molar-refractivity contribution in [2.45, 2.75) is 52.0 Å². The molecule has 2 bridgehead atoms. The predicted octanol–water partition coefficient (Wildman–Crippen LogP) is 3.32. The van der Waals surface area contributed by atoms with Gasteiger partial charge in [0, 0.05) is 18.2 Å². The van der Waals surface area contributed by atoms with Crippen LogP contribution in [0.4, 0.5) is 11.6 Å². The second-order valence-corrected chi connectivity index (χ2v) is 6.99. The maximum atomic E-state index is 4.53. The molecule has 0 radical (unpaired) electrons. The molecule has 1 heterocycles. The molecule has 3 aliphatic carbocycles. The zero-order chi connectivity index (χ0) is 14.4. The molecule has 114 valence electrons. The summed E-state index contributed by atoms with van der Waals surface area (Å²) in [5, 5.41) is 7.20. The largest absolute Gasteiger partial charge is 0.370 e. The molecule has 3 saturated carbocycles. The summed E-state index contributed by atoms with van der Waals surface area (Å²) in [6.07, 6.45) is 8.24. The number of hydrogen-bond acceptors (Lipinski definition) is 4. The summed E-state index contributed by atoms with van der Waals surface area (Å²) in [7, 11) is 0. The minimum Gasteiger partial charge on any atom is -0.370 e. The minimum atomic E-state index is 0.690. The Bertz CT molecular complexity index is 514. The lowest BCUT2D eigenvalue weighted by molar-refractivity contribution is 0.456. The molecule has 0 saturated heterocycles. The lowest BCUT2D eigenvalue weighted by Crippen LogP contribution is -2.16. The summed E-state index contributed by atoms with van der Waals surface area (Å²) in [5.41, 5.74) is 1.25. The van der Waals surface area contributed by atoms with Gasteiger partial charge in [-0.3, -0.25) is 0 Å². The SMILES string of the molecule is CCCNc1ncnc(NC2C3C4CCC(C4)C23)c1CC. The van der Waals surface area contributed by atoms with Gasteiger partial charge >= 0.3 is 0 Å². The van der Waals surface area contributed by atoms with Gasteiger partial charge in [0.1, 0.15) is 18.0 Å². The van der Waals surface area contributed by atoms with E-state index in [-0.39, 0.29) is 0 Å². The molecule has 4 nitrogen and oxygen atoms in total. The molecule has 4 rings (SSSR count). The Balaban J connectivity index is 1.50. The summed E-state index contributed by atoms with van der Waals surface area (Å²) < 4.78 is 0. The molecule has 4 unspecified atom stereocenters. The highest BCUT2D eigenvalue weighted by Gasteiger charge is 2.65. The van der Waals surface area contributed by atoms with Crippen molar-refractivity contribution in [1.82, 2.24) is 9.97 Å². The first-order chi connectivity index (χ1) is 10.3. The molecule has 4 heteroatoms. The van der Waals surface area contributed by atoms with E-state index < -0.39 is 0 Å². The number of nitrogens with zero attached hydrogens (tertiary/aromatic N) is 2. The zero-order valence-corrected chi connectivity index (χ0v) is 13.1. The number of fused-ring (bicyclic) bond motifs is 5. The van der Waals surface area contributed by atoms with Crippen molar-refractivity contribution < 1.29 is 0 Å². The number of hydrogen-bond donors (Lipinski definition) is 2. The molecule has 0 spiro atoms. The molecule has 0 amide bonds. The average Bonchev–Trinajstić information content (AvgIpc) is 2.90. The van der Waals surface area contributed by atoms with Gasteiger partial charge in [-0.1, -0.05) is 13.8 Å². The van der Waals surface area contributed by atoms with Crippen molar-refractivity contribution in [3.8, 4) is 0 Å². The van der Waals surface area contributed by atoms with E-state index in [1.54, 1.807) is 6.33 Å². The van der Waals surface area contributed by atoms with Crippen LogP contribution in [0.1, 0.15) is 45.1 Å². The van der Waals surface area contributed by atoms with Gasteiger partial charge in [0.15, 0.2) is 0 Å². The summed E-state index contributed by atoms with van der Waals surface area (Å²) in [4.78, 5) is 8.96. The summed E-state index contributed by atoms with van der Waals surface area (Å²) >= 11 is 0.